The van der Waals surface area contributed by atoms with E-state index in [1.807, 2.05) is 18.7 Å². The number of aryl methyl sites for hydroxylation is 1. The van der Waals surface area contributed by atoms with Crippen molar-refractivity contribution in [1.82, 2.24) is 14.9 Å². The zero-order chi connectivity index (χ0) is 16.5. The van der Waals surface area contributed by atoms with Crippen molar-refractivity contribution >= 4 is 23.5 Å². The fourth-order valence-electron chi connectivity index (χ4n) is 3.82. The summed E-state index contributed by atoms with van der Waals surface area (Å²) in [6, 6.07) is 0.518. The highest BCUT2D eigenvalue weighted by Crippen LogP contribution is 2.30. The SMILES string of the molecule is Cc1nc2c(c(N[C@H]3CCSC3)n1)CCN(C(=O)C1CCC1)CC2. The molecule has 2 aliphatic heterocycles. The van der Waals surface area contributed by atoms with Crippen molar-refractivity contribution < 1.29 is 4.79 Å². The van der Waals surface area contributed by atoms with E-state index in [1.165, 1.54) is 24.2 Å². The third-order valence-corrected chi connectivity index (χ3v) is 6.65. The first-order valence-corrected chi connectivity index (χ1v) is 10.4. The Bertz CT molecular complexity index is 626. The molecule has 1 atom stereocenters. The van der Waals surface area contributed by atoms with Gasteiger partial charge >= 0.3 is 0 Å². The topological polar surface area (TPSA) is 58.1 Å². The number of hydrogen-bond acceptors (Lipinski definition) is 5. The van der Waals surface area contributed by atoms with Crippen molar-refractivity contribution in [3.05, 3.63) is 17.1 Å². The van der Waals surface area contributed by atoms with E-state index < -0.39 is 0 Å². The summed E-state index contributed by atoms with van der Waals surface area (Å²) in [6.07, 6.45) is 6.29. The number of amides is 1. The fraction of sp³-hybridized carbons (Fsp3) is 0.722. The molecule has 4 rings (SSSR count). The zero-order valence-electron chi connectivity index (χ0n) is 14.4. The monoisotopic (exact) mass is 346 g/mol. The summed E-state index contributed by atoms with van der Waals surface area (Å²) < 4.78 is 0. The van der Waals surface area contributed by atoms with E-state index in [-0.39, 0.29) is 5.92 Å². The number of fused-ring (bicyclic) bond motifs is 1. The van der Waals surface area contributed by atoms with E-state index in [2.05, 4.69) is 20.2 Å². The van der Waals surface area contributed by atoms with Gasteiger partial charge in [0.2, 0.25) is 5.91 Å². The van der Waals surface area contributed by atoms with Gasteiger partial charge in [-0.05, 0) is 38.4 Å². The van der Waals surface area contributed by atoms with Crippen LogP contribution in [0.1, 0.15) is 42.8 Å². The molecule has 3 aliphatic rings. The number of hydrogen-bond donors (Lipinski definition) is 1. The van der Waals surface area contributed by atoms with Gasteiger partial charge in [0, 0.05) is 42.8 Å². The third kappa shape index (κ3) is 3.25. The van der Waals surface area contributed by atoms with Crippen molar-refractivity contribution in [3.63, 3.8) is 0 Å². The number of aromatic nitrogens is 2. The van der Waals surface area contributed by atoms with Gasteiger partial charge in [-0.15, -0.1) is 0 Å². The van der Waals surface area contributed by atoms with Gasteiger partial charge < -0.3 is 10.2 Å². The van der Waals surface area contributed by atoms with E-state index in [4.69, 9.17) is 0 Å². The number of nitrogens with zero attached hydrogens (tertiary/aromatic N) is 3. The van der Waals surface area contributed by atoms with Crippen molar-refractivity contribution in [2.24, 2.45) is 5.92 Å². The standard InChI is InChI=1S/C18H26N4OS/c1-12-19-16-6-9-22(18(23)13-3-2-4-13)8-5-15(16)17(20-12)21-14-7-10-24-11-14/h13-14H,2-11H2,1H3,(H,19,20,21)/t14-/m0/s1. The van der Waals surface area contributed by atoms with Gasteiger partial charge in [0.05, 0.1) is 5.69 Å². The Labute approximate surface area is 148 Å². The number of nitrogens with one attached hydrogen (secondary N) is 1. The second kappa shape index (κ2) is 6.90. The maximum atomic E-state index is 12.6. The summed E-state index contributed by atoms with van der Waals surface area (Å²) in [5.41, 5.74) is 2.38. The molecule has 2 fully saturated rings. The van der Waals surface area contributed by atoms with Crippen LogP contribution in [0.15, 0.2) is 0 Å². The average Bonchev–Trinajstić information content (AvgIpc) is 2.90. The normalized spacial score (nSPS) is 24.2. The first-order chi connectivity index (χ1) is 11.7. The van der Waals surface area contributed by atoms with Crippen LogP contribution in [0.25, 0.3) is 0 Å². The minimum Gasteiger partial charge on any atom is -0.366 e. The predicted octanol–water partition coefficient (Wildman–Crippen LogP) is 2.43. The molecule has 130 valence electrons. The summed E-state index contributed by atoms with van der Waals surface area (Å²) in [5, 5.41) is 3.65. The van der Waals surface area contributed by atoms with Crippen LogP contribution in [0.2, 0.25) is 0 Å². The van der Waals surface area contributed by atoms with Crippen LogP contribution >= 0.6 is 11.8 Å². The third-order valence-electron chi connectivity index (χ3n) is 5.49. The van der Waals surface area contributed by atoms with Crippen LogP contribution < -0.4 is 5.32 Å². The molecule has 1 aromatic rings. The molecule has 1 aromatic heterocycles. The fourth-order valence-corrected chi connectivity index (χ4v) is 4.97. The molecule has 1 N–H and O–H groups in total. The molecule has 24 heavy (non-hydrogen) atoms. The summed E-state index contributed by atoms with van der Waals surface area (Å²) >= 11 is 2.00. The average molecular weight is 347 g/mol. The summed E-state index contributed by atoms with van der Waals surface area (Å²) in [4.78, 5) is 24.0. The van der Waals surface area contributed by atoms with Gasteiger partial charge in [-0.25, -0.2) is 9.97 Å². The molecule has 0 unspecified atom stereocenters. The highest BCUT2D eigenvalue weighted by atomic mass is 32.2. The van der Waals surface area contributed by atoms with Gasteiger partial charge in [-0.1, -0.05) is 6.42 Å². The number of carbonyl (C=O) groups excluding carboxylic acids is 1. The van der Waals surface area contributed by atoms with E-state index in [0.717, 1.165) is 61.9 Å². The molecular formula is C18H26N4OS. The Kier molecular flexibility index (Phi) is 4.66. The second-order valence-electron chi connectivity index (χ2n) is 7.20. The second-order valence-corrected chi connectivity index (χ2v) is 8.35. The first kappa shape index (κ1) is 16.2. The van der Waals surface area contributed by atoms with Crippen molar-refractivity contribution in [1.29, 1.82) is 0 Å². The molecule has 0 spiro atoms. The molecular weight excluding hydrogens is 320 g/mol. The Hall–Kier alpha value is -1.30. The zero-order valence-corrected chi connectivity index (χ0v) is 15.2. The van der Waals surface area contributed by atoms with E-state index in [1.54, 1.807) is 0 Å². The van der Waals surface area contributed by atoms with Crippen LogP contribution in [0, 0.1) is 12.8 Å². The number of carbonyl (C=O) groups is 1. The minimum absolute atomic E-state index is 0.284. The summed E-state index contributed by atoms with van der Waals surface area (Å²) in [5.74, 6) is 4.88. The lowest BCUT2D eigenvalue weighted by atomic mass is 9.84. The highest BCUT2D eigenvalue weighted by Gasteiger charge is 2.31. The van der Waals surface area contributed by atoms with E-state index in [0.29, 0.717) is 11.9 Å². The minimum atomic E-state index is 0.284. The van der Waals surface area contributed by atoms with Gasteiger partial charge in [0.25, 0.3) is 0 Å². The van der Waals surface area contributed by atoms with Gasteiger partial charge in [-0.3, -0.25) is 4.79 Å². The molecule has 1 aliphatic carbocycles. The molecule has 1 saturated heterocycles. The summed E-state index contributed by atoms with van der Waals surface area (Å²) in [7, 11) is 0. The van der Waals surface area contributed by atoms with Crippen LogP contribution in [0.3, 0.4) is 0 Å². The smallest absolute Gasteiger partial charge is 0.225 e. The van der Waals surface area contributed by atoms with Crippen LogP contribution in [-0.2, 0) is 17.6 Å². The molecule has 0 bridgehead atoms. The highest BCUT2D eigenvalue weighted by molar-refractivity contribution is 7.99. The number of anilines is 1. The van der Waals surface area contributed by atoms with Crippen LogP contribution in [-0.4, -0.2) is 51.4 Å². The summed E-state index contributed by atoms with van der Waals surface area (Å²) in [6.45, 7) is 3.58. The van der Waals surface area contributed by atoms with Crippen molar-refractivity contribution in [3.8, 4) is 0 Å². The van der Waals surface area contributed by atoms with Gasteiger partial charge in [0.1, 0.15) is 11.6 Å². The van der Waals surface area contributed by atoms with Crippen LogP contribution in [0.4, 0.5) is 5.82 Å². The molecule has 6 heteroatoms. The largest absolute Gasteiger partial charge is 0.366 e. The first-order valence-electron chi connectivity index (χ1n) is 9.20. The van der Waals surface area contributed by atoms with Gasteiger partial charge in [0.15, 0.2) is 0 Å². The number of thioether (sulfide) groups is 1. The maximum absolute atomic E-state index is 12.6. The quantitative estimate of drug-likeness (QED) is 0.911. The Morgan fingerprint density at radius 3 is 2.75 bits per heavy atom. The van der Waals surface area contributed by atoms with Crippen molar-refractivity contribution in [2.75, 3.05) is 29.9 Å². The number of rotatable bonds is 3. The Morgan fingerprint density at radius 1 is 1.21 bits per heavy atom. The van der Waals surface area contributed by atoms with Crippen molar-refractivity contribution in [2.45, 2.75) is 51.5 Å². The molecule has 0 aromatic carbocycles. The predicted molar refractivity (Wildman–Crippen MR) is 97.5 cm³/mol. The molecule has 3 heterocycles. The Balaban J connectivity index is 1.52. The van der Waals surface area contributed by atoms with E-state index >= 15 is 0 Å². The maximum Gasteiger partial charge on any atom is 0.225 e. The van der Waals surface area contributed by atoms with Crippen LogP contribution in [0.5, 0.6) is 0 Å². The molecule has 0 radical (unpaired) electrons. The lowest BCUT2D eigenvalue weighted by Crippen LogP contribution is -2.40. The lowest BCUT2D eigenvalue weighted by molar-refractivity contribution is -0.138. The Morgan fingerprint density at radius 2 is 2.04 bits per heavy atom. The van der Waals surface area contributed by atoms with Gasteiger partial charge in [-0.2, -0.15) is 11.8 Å². The molecule has 1 saturated carbocycles. The molecule has 5 nitrogen and oxygen atoms in total. The van der Waals surface area contributed by atoms with E-state index in [9.17, 15) is 4.79 Å². The molecule has 1 amide bonds. The lowest BCUT2D eigenvalue weighted by Gasteiger charge is -2.30.